The molecule has 21 heavy (non-hydrogen) atoms. The second-order valence-electron chi connectivity index (χ2n) is 5.20. The van der Waals surface area contributed by atoms with Crippen LogP contribution in [0.5, 0.6) is 0 Å². The first kappa shape index (κ1) is 14.2. The zero-order chi connectivity index (χ0) is 14.8. The molecule has 3 aromatic rings. The lowest BCUT2D eigenvalue weighted by Gasteiger charge is -2.08. The molecule has 3 rings (SSSR count). The van der Waals surface area contributed by atoms with Crippen molar-refractivity contribution in [3.63, 3.8) is 0 Å². The highest BCUT2D eigenvalue weighted by Crippen LogP contribution is 2.30. The average molecular weight is 299 g/mol. The molecule has 0 unspecified atom stereocenters. The zero-order valence-corrected chi connectivity index (χ0v) is 12.9. The molecule has 0 saturated carbocycles. The van der Waals surface area contributed by atoms with E-state index in [1.807, 2.05) is 12.1 Å². The monoisotopic (exact) mass is 298 g/mol. The molecule has 1 heterocycles. The van der Waals surface area contributed by atoms with Crippen molar-refractivity contribution in [1.82, 2.24) is 4.57 Å². The predicted octanol–water partition coefficient (Wildman–Crippen LogP) is 4.36. The molecule has 3 heteroatoms. The van der Waals surface area contributed by atoms with E-state index in [1.165, 1.54) is 27.7 Å². The smallest absolute Gasteiger partial charge is 0.0486 e. The van der Waals surface area contributed by atoms with Gasteiger partial charge in [0.25, 0.3) is 0 Å². The third-order valence-electron chi connectivity index (χ3n) is 3.98. The van der Waals surface area contributed by atoms with Gasteiger partial charge in [0, 0.05) is 34.7 Å². The first-order valence-corrected chi connectivity index (χ1v) is 7.66. The van der Waals surface area contributed by atoms with Crippen LogP contribution in [0.4, 0.5) is 0 Å². The fourth-order valence-electron chi connectivity index (χ4n) is 3.04. The van der Waals surface area contributed by atoms with Gasteiger partial charge in [0.15, 0.2) is 0 Å². The summed E-state index contributed by atoms with van der Waals surface area (Å²) in [6.07, 6.45) is 0.886. The minimum Gasteiger partial charge on any atom is -0.343 e. The first-order chi connectivity index (χ1) is 10.2. The van der Waals surface area contributed by atoms with Gasteiger partial charge in [-0.15, -0.1) is 0 Å². The van der Waals surface area contributed by atoms with E-state index in [0.29, 0.717) is 6.54 Å². The summed E-state index contributed by atoms with van der Waals surface area (Å²) in [5, 5.41) is 1.99. The Hall–Kier alpha value is -1.77. The Bertz CT molecular complexity index is 760. The van der Waals surface area contributed by atoms with Gasteiger partial charge in [-0.2, -0.15) is 0 Å². The number of aryl methyl sites for hydroxylation is 1. The molecular weight excluding hydrogens is 280 g/mol. The summed E-state index contributed by atoms with van der Waals surface area (Å²) in [6, 6.07) is 16.6. The van der Waals surface area contributed by atoms with Crippen molar-refractivity contribution in [2.45, 2.75) is 26.4 Å². The molecule has 0 aliphatic heterocycles. The van der Waals surface area contributed by atoms with Crippen LogP contribution in [0, 0.1) is 0 Å². The maximum absolute atomic E-state index is 6.20. The van der Waals surface area contributed by atoms with E-state index in [9.17, 15) is 0 Å². The number of hydrogen-bond acceptors (Lipinski definition) is 1. The predicted molar refractivity (Wildman–Crippen MR) is 89.8 cm³/mol. The van der Waals surface area contributed by atoms with Crippen molar-refractivity contribution in [2.75, 3.05) is 0 Å². The largest absolute Gasteiger partial charge is 0.343 e. The van der Waals surface area contributed by atoms with Crippen molar-refractivity contribution in [3.8, 4) is 0 Å². The van der Waals surface area contributed by atoms with Gasteiger partial charge in [0.1, 0.15) is 0 Å². The van der Waals surface area contributed by atoms with Crippen LogP contribution in [0.25, 0.3) is 10.9 Å². The molecule has 0 bridgehead atoms. The third kappa shape index (κ3) is 2.57. The van der Waals surface area contributed by atoms with Gasteiger partial charge in [-0.25, -0.2) is 0 Å². The van der Waals surface area contributed by atoms with Crippen molar-refractivity contribution in [2.24, 2.45) is 5.73 Å². The molecule has 1 aromatic heterocycles. The van der Waals surface area contributed by atoms with Crippen molar-refractivity contribution < 1.29 is 0 Å². The Morgan fingerprint density at radius 3 is 2.52 bits per heavy atom. The van der Waals surface area contributed by atoms with Crippen LogP contribution in [0.3, 0.4) is 0 Å². The van der Waals surface area contributed by atoms with Gasteiger partial charge in [-0.3, -0.25) is 0 Å². The Kier molecular flexibility index (Phi) is 4.00. The van der Waals surface area contributed by atoms with E-state index < -0.39 is 0 Å². The lowest BCUT2D eigenvalue weighted by atomic mass is 10.0. The summed E-state index contributed by atoms with van der Waals surface area (Å²) in [7, 11) is 0. The van der Waals surface area contributed by atoms with Crippen LogP contribution in [0.2, 0.25) is 5.02 Å². The molecule has 0 fully saturated rings. The summed E-state index contributed by atoms with van der Waals surface area (Å²) in [5.41, 5.74) is 11.0. The SMILES string of the molecule is CCn1c(CN)c(Cc2ccccc2)c2cc(Cl)ccc21. The molecule has 0 spiro atoms. The number of rotatable bonds is 4. The minimum atomic E-state index is 0.544. The van der Waals surface area contributed by atoms with Gasteiger partial charge in [0.2, 0.25) is 0 Å². The van der Waals surface area contributed by atoms with E-state index in [1.54, 1.807) is 0 Å². The molecule has 0 aliphatic rings. The van der Waals surface area contributed by atoms with E-state index in [-0.39, 0.29) is 0 Å². The third-order valence-corrected chi connectivity index (χ3v) is 4.22. The van der Waals surface area contributed by atoms with Gasteiger partial charge in [0.05, 0.1) is 0 Å². The van der Waals surface area contributed by atoms with Crippen molar-refractivity contribution in [1.29, 1.82) is 0 Å². The van der Waals surface area contributed by atoms with Gasteiger partial charge in [-0.05, 0) is 42.7 Å². The topological polar surface area (TPSA) is 30.9 Å². The highest BCUT2D eigenvalue weighted by atomic mass is 35.5. The van der Waals surface area contributed by atoms with Crippen LogP contribution >= 0.6 is 11.6 Å². The summed E-state index contributed by atoms with van der Waals surface area (Å²) in [5.74, 6) is 0. The molecule has 0 aliphatic carbocycles. The van der Waals surface area contributed by atoms with E-state index >= 15 is 0 Å². The summed E-state index contributed by atoms with van der Waals surface area (Å²) in [6.45, 7) is 3.61. The number of nitrogens with two attached hydrogens (primary N) is 1. The quantitative estimate of drug-likeness (QED) is 0.762. The number of halogens is 1. The van der Waals surface area contributed by atoms with Gasteiger partial charge in [-0.1, -0.05) is 41.9 Å². The number of benzene rings is 2. The van der Waals surface area contributed by atoms with Crippen LogP contribution < -0.4 is 5.73 Å². The van der Waals surface area contributed by atoms with Crippen LogP contribution in [0.15, 0.2) is 48.5 Å². The molecule has 0 saturated heterocycles. The second-order valence-corrected chi connectivity index (χ2v) is 5.63. The highest BCUT2D eigenvalue weighted by Gasteiger charge is 2.15. The second kappa shape index (κ2) is 5.92. The summed E-state index contributed by atoms with van der Waals surface area (Å²) >= 11 is 6.20. The lowest BCUT2D eigenvalue weighted by Crippen LogP contribution is -2.08. The zero-order valence-electron chi connectivity index (χ0n) is 12.1. The number of fused-ring (bicyclic) bond motifs is 1. The summed E-state index contributed by atoms with van der Waals surface area (Å²) < 4.78 is 2.30. The standard InChI is InChI=1S/C18H19ClN2/c1-2-21-17-9-8-14(19)11-16(17)15(18(21)12-20)10-13-6-4-3-5-7-13/h3-9,11H,2,10,12,20H2,1H3. The lowest BCUT2D eigenvalue weighted by molar-refractivity contribution is 0.732. The van der Waals surface area contributed by atoms with E-state index in [2.05, 4.69) is 47.9 Å². The molecule has 2 N–H and O–H groups in total. The fraction of sp³-hybridized carbons (Fsp3) is 0.222. The minimum absolute atomic E-state index is 0.544. The number of aromatic nitrogens is 1. The van der Waals surface area contributed by atoms with E-state index in [0.717, 1.165) is 18.0 Å². The van der Waals surface area contributed by atoms with Gasteiger partial charge >= 0.3 is 0 Å². The molecule has 0 radical (unpaired) electrons. The van der Waals surface area contributed by atoms with Crippen LogP contribution in [-0.2, 0) is 19.5 Å². The fourth-order valence-corrected chi connectivity index (χ4v) is 3.21. The Labute approximate surface area is 130 Å². The molecule has 108 valence electrons. The number of hydrogen-bond donors (Lipinski definition) is 1. The molecular formula is C18H19ClN2. The first-order valence-electron chi connectivity index (χ1n) is 7.28. The normalized spacial score (nSPS) is 11.2. The molecule has 0 atom stereocenters. The Balaban J connectivity index is 2.21. The summed E-state index contributed by atoms with van der Waals surface area (Å²) in [4.78, 5) is 0. The molecule has 2 aromatic carbocycles. The maximum Gasteiger partial charge on any atom is 0.0486 e. The van der Waals surface area contributed by atoms with Gasteiger partial charge < -0.3 is 10.3 Å². The molecule has 0 amide bonds. The average Bonchev–Trinajstić information content (AvgIpc) is 2.80. The van der Waals surface area contributed by atoms with E-state index in [4.69, 9.17) is 17.3 Å². The van der Waals surface area contributed by atoms with Crippen molar-refractivity contribution in [3.05, 3.63) is 70.4 Å². The Morgan fingerprint density at radius 1 is 1.10 bits per heavy atom. The highest BCUT2D eigenvalue weighted by molar-refractivity contribution is 6.31. The Morgan fingerprint density at radius 2 is 1.86 bits per heavy atom. The maximum atomic E-state index is 6.20. The van der Waals surface area contributed by atoms with Crippen LogP contribution in [-0.4, -0.2) is 4.57 Å². The molecule has 2 nitrogen and oxygen atoms in total. The van der Waals surface area contributed by atoms with Crippen LogP contribution in [0.1, 0.15) is 23.7 Å². The van der Waals surface area contributed by atoms with Crippen molar-refractivity contribution >= 4 is 22.5 Å². The number of nitrogens with zero attached hydrogens (tertiary/aromatic N) is 1.